The van der Waals surface area contributed by atoms with Crippen LogP contribution < -0.4 is 9.80 Å². The van der Waals surface area contributed by atoms with Crippen LogP contribution in [0.15, 0.2) is 54.6 Å². The predicted octanol–water partition coefficient (Wildman–Crippen LogP) is 2.94. The third-order valence-corrected chi connectivity index (χ3v) is 3.70. The molecule has 0 fully saturated rings. The number of carbonyl (C=O) groups is 1. The normalized spacial score (nSPS) is 11.7. The highest BCUT2D eigenvalue weighted by atomic mass is 16.5. The summed E-state index contributed by atoms with van der Waals surface area (Å²) in [5, 5.41) is 11.2. The minimum Gasteiger partial charge on any atom is -0.497 e. The van der Waals surface area contributed by atoms with E-state index in [2.05, 4.69) is 0 Å². The first-order valence-electron chi connectivity index (χ1n) is 7.44. The van der Waals surface area contributed by atoms with Crippen LogP contribution in [0.2, 0.25) is 0 Å². The quantitative estimate of drug-likeness (QED) is 0.833. The summed E-state index contributed by atoms with van der Waals surface area (Å²) in [6.45, 7) is 2.15. The first kappa shape index (κ1) is 16.8. The van der Waals surface area contributed by atoms with E-state index in [1.54, 1.807) is 38.1 Å². The van der Waals surface area contributed by atoms with E-state index in [-0.39, 0.29) is 5.91 Å². The van der Waals surface area contributed by atoms with Crippen molar-refractivity contribution in [2.45, 2.75) is 19.5 Å². The molecule has 0 aliphatic carbocycles. The standard InChI is InChI=1S/C18H22N2O3/c1-14(20(22)16-7-5-4-6-8-16)18(21)19(2)13-15-9-11-17(23-3)12-10-15/h4-12,14,22H,13H2,1-3H3/t14-/m0/s1. The van der Waals surface area contributed by atoms with E-state index in [1.807, 2.05) is 42.5 Å². The number of nitrogens with zero attached hydrogens (tertiary/aromatic N) is 2. The van der Waals surface area contributed by atoms with Gasteiger partial charge < -0.3 is 9.64 Å². The number of methoxy groups -OCH3 is 1. The number of ether oxygens (including phenoxy) is 1. The third-order valence-electron chi connectivity index (χ3n) is 3.70. The molecule has 0 radical (unpaired) electrons. The second-order valence-electron chi connectivity index (χ2n) is 5.40. The second kappa shape index (κ2) is 7.65. The number of anilines is 1. The largest absolute Gasteiger partial charge is 0.497 e. The van der Waals surface area contributed by atoms with E-state index in [1.165, 1.54) is 0 Å². The van der Waals surface area contributed by atoms with E-state index in [0.29, 0.717) is 12.2 Å². The molecule has 0 bridgehead atoms. The maximum absolute atomic E-state index is 12.5. The van der Waals surface area contributed by atoms with Crippen molar-refractivity contribution in [2.75, 3.05) is 19.2 Å². The zero-order valence-corrected chi connectivity index (χ0v) is 13.6. The van der Waals surface area contributed by atoms with Crippen molar-refractivity contribution in [3.8, 4) is 5.75 Å². The molecule has 1 amide bonds. The molecule has 5 heteroatoms. The minimum atomic E-state index is -0.666. The third kappa shape index (κ3) is 4.23. The van der Waals surface area contributed by atoms with Crippen molar-refractivity contribution in [2.24, 2.45) is 0 Å². The molecule has 2 aromatic rings. The van der Waals surface area contributed by atoms with Gasteiger partial charge >= 0.3 is 0 Å². The number of hydrogen-bond acceptors (Lipinski definition) is 4. The predicted molar refractivity (Wildman–Crippen MR) is 89.6 cm³/mol. The molecule has 1 N–H and O–H groups in total. The molecule has 0 unspecified atom stereocenters. The maximum Gasteiger partial charge on any atom is 0.247 e. The first-order valence-corrected chi connectivity index (χ1v) is 7.44. The Morgan fingerprint density at radius 2 is 1.74 bits per heavy atom. The van der Waals surface area contributed by atoms with Crippen molar-refractivity contribution in [3.63, 3.8) is 0 Å². The molecule has 122 valence electrons. The van der Waals surface area contributed by atoms with E-state index in [0.717, 1.165) is 16.4 Å². The fraction of sp³-hybridized carbons (Fsp3) is 0.278. The van der Waals surface area contributed by atoms with Crippen LogP contribution in [0.25, 0.3) is 0 Å². The molecule has 0 heterocycles. The van der Waals surface area contributed by atoms with Crippen LogP contribution in [0.4, 0.5) is 5.69 Å². The van der Waals surface area contributed by atoms with Gasteiger partial charge in [0, 0.05) is 13.6 Å². The average Bonchev–Trinajstić information content (AvgIpc) is 2.61. The van der Waals surface area contributed by atoms with E-state index in [9.17, 15) is 10.0 Å². The molecule has 2 aromatic carbocycles. The highest BCUT2D eigenvalue weighted by Gasteiger charge is 2.23. The van der Waals surface area contributed by atoms with E-state index in [4.69, 9.17) is 4.74 Å². The van der Waals surface area contributed by atoms with Gasteiger partial charge in [-0.2, -0.15) is 0 Å². The summed E-state index contributed by atoms with van der Waals surface area (Å²) in [6, 6.07) is 15.9. The highest BCUT2D eigenvalue weighted by Crippen LogP contribution is 2.16. The number of rotatable bonds is 6. The summed E-state index contributed by atoms with van der Waals surface area (Å²) in [5.41, 5.74) is 1.59. The maximum atomic E-state index is 12.5. The lowest BCUT2D eigenvalue weighted by atomic mass is 10.2. The lowest BCUT2D eigenvalue weighted by Gasteiger charge is -2.28. The van der Waals surface area contributed by atoms with Gasteiger partial charge in [-0.3, -0.25) is 10.0 Å². The fourth-order valence-corrected chi connectivity index (χ4v) is 2.31. The number of amides is 1. The Morgan fingerprint density at radius 1 is 1.13 bits per heavy atom. The summed E-state index contributed by atoms with van der Waals surface area (Å²) in [4.78, 5) is 14.1. The zero-order chi connectivity index (χ0) is 16.8. The minimum absolute atomic E-state index is 0.160. The zero-order valence-electron chi connectivity index (χ0n) is 13.6. The molecule has 0 aliphatic rings. The molecule has 0 saturated heterocycles. The van der Waals surface area contributed by atoms with Gasteiger partial charge in [0.15, 0.2) is 0 Å². The van der Waals surface area contributed by atoms with Crippen LogP contribution >= 0.6 is 0 Å². The van der Waals surface area contributed by atoms with Crippen molar-refractivity contribution >= 4 is 11.6 Å². The number of carbonyl (C=O) groups excluding carboxylic acids is 1. The molecule has 2 rings (SSSR count). The summed E-state index contributed by atoms with van der Waals surface area (Å²) in [7, 11) is 3.34. The van der Waals surface area contributed by atoms with Crippen LogP contribution in [0, 0.1) is 0 Å². The molecule has 0 saturated carbocycles. The Morgan fingerprint density at radius 3 is 2.30 bits per heavy atom. The second-order valence-corrected chi connectivity index (χ2v) is 5.40. The molecule has 1 atom stereocenters. The Labute approximate surface area is 136 Å². The lowest BCUT2D eigenvalue weighted by Crippen LogP contribution is -2.44. The van der Waals surface area contributed by atoms with Gasteiger partial charge in [-0.1, -0.05) is 30.3 Å². The van der Waals surface area contributed by atoms with E-state index >= 15 is 0 Å². The Bertz CT molecular complexity index is 628. The molecule has 0 spiro atoms. The lowest BCUT2D eigenvalue weighted by molar-refractivity contribution is -0.132. The smallest absolute Gasteiger partial charge is 0.247 e. The Hall–Kier alpha value is -2.53. The van der Waals surface area contributed by atoms with Gasteiger partial charge in [-0.05, 0) is 36.8 Å². The first-order chi connectivity index (χ1) is 11.0. The number of likely N-dealkylation sites (N-methyl/N-ethyl adjacent to an activating group) is 1. The molecule has 23 heavy (non-hydrogen) atoms. The van der Waals surface area contributed by atoms with Crippen molar-refractivity contribution in [3.05, 3.63) is 60.2 Å². The van der Waals surface area contributed by atoms with Crippen molar-refractivity contribution < 1.29 is 14.7 Å². The summed E-state index contributed by atoms with van der Waals surface area (Å²) < 4.78 is 5.12. The molecule has 0 aromatic heterocycles. The van der Waals surface area contributed by atoms with Crippen LogP contribution in [0.5, 0.6) is 5.75 Å². The SMILES string of the molecule is COc1ccc(CN(C)C(=O)[C@H](C)N(O)c2ccccc2)cc1. The van der Waals surface area contributed by atoms with Gasteiger partial charge in [-0.15, -0.1) is 0 Å². The van der Waals surface area contributed by atoms with Crippen LogP contribution in [-0.4, -0.2) is 36.2 Å². The van der Waals surface area contributed by atoms with Gasteiger partial charge in [0.1, 0.15) is 11.8 Å². The monoisotopic (exact) mass is 314 g/mol. The highest BCUT2D eigenvalue weighted by molar-refractivity contribution is 5.84. The topological polar surface area (TPSA) is 53.0 Å². The van der Waals surface area contributed by atoms with Crippen molar-refractivity contribution in [1.82, 2.24) is 4.90 Å². The van der Waals surface area contributed by atoms with Crippen LogP contribution in [0.1, 0.15) is 12.5 Å². The summed E-state index contributed by atoms with van der Waals surface area (Å²) in [5.74, 6) is 0.619. The van der Waals surface area contributed by atoms with Crippen molar-refractivity contribution in [1.29, 1.82) is 0 Å². The molecular weight excluding hydrogens is 292 g/mol. The van der Waals surface area contributed by atoms with E-state index < -0.39 is 6.04 Å². The number of para-hydroxylation sites is 1. The molecule has 0 aliphatic heterocycles. The average molecular weight is 314 g/mol. The van der Waals surface area contributed by atoms with Gasteiger partial charge in [0.2, 0.25) is 5.91 Å². The fourth-order valence-electron chi connectivity index (χ4n) is 2.31. The van der Waals surface area contributed by atoms with Crippen LogP contribution in [-0.2, 0) is 11.3 Å². The van der Waals surface area contributed by atoms with Gasteiger partial charge in [0.05, 0.1) is 12.8 Å². The Kier molecular flexibility index (Phi) is 5.60. The number of hydrogen-bond donors (Lipinski definition) is 1. The molecular formula is C18H22N2O3. The molecule has 5 nitrogen and oxygen atoms in total. The van der Waals surface area contributed by atoms with Gasteiger partial charge in [-0.25, -0.2) is 5.06 Å². The number of benzene rings is 2. The summed E-state index contributed by atoms with van der Waals surface area (Å²) in [6.07, 6.45) is 0. The number of hydroxylamine groups is 1. The Balaban J connectivity index is 2.00. The van der Waals surface area contributed by atoms with Crippen LogP contribution in [0.3, 0.4) is 0 Å². The summed E-state index contributed by atoms with van der Waals surface area (Å²) >= 11 is 0. The van der Waals surface area contributed by atoms with Gasteiger partial charge in [0.25, 0.3) is 0 Å².